The van der Waals surface area contributed by atoms with Crippen molar-refractivity contribution >= 4 is 32.7 Å². The minimum Gasteiger partial charge on any atom is -0.477 e. The van der Waals surface area contributed by atoms with E-state index < -0.39 is 5.97 Å². The fourth-order valence-electron chi connectivity index (χ4n) is 1.87. The van der Waals surface area contributed by atoms with E-state index in [1.165, 1.54) is 0 Å². The number of hydrogen-bond donors (Lipinski definition) is 1. The van der Waals surface area contributed by atoms with Gasteiger partial charge in [-0.05, 0) is 38.9 Å². The molecule has 3 nitrogen and oxygen atoms in total. The minimum absolute atomic E-state index is 0.0671. The summed E-state index contributed by atoms with van der Waals surface area (Å²) in [5.74, 6) is -0.666. The van der Waals surface area contributed by atoms with Gasteiger partial charge in [-0.2, -0.15) is 0 Å². The van der Waals surface area contributed by atoms with Gasteiger partial charge in [-0.3, -0.25) is 0 Å². The maximum atomic E-state index is 11.0. The second-order valence-corrected chi connectivity index (χ2v) is 4.95. The van der Waals surface area contributed by atoms with E-state index in [1.54, 1.807) is 6.07 Å². The fraction of sp³-hybridized carbons (Fsp3) is 0.231. The molecule has 1 aromatic heterocycles. The first-order valence-electron chi connectivity index (χ1n) is 5.33. The molecule has 0 atom stereocenters. The van der Waals surface area contributed by atoms with Gasteiger partial charge in [0.2, 0.25) is 0 Å². The third kappa shape index (κ3) is 2.17. The summed E-state index contributed by atoms with van der Waals surface area (Å²) in [5, 5.41) is 10.9. The van der Waals surface area contributed by atoms with Gasteiger partial charge in [0.25, 0.3) is 0 Å². The van der Waals surface area contributed by atoms with E-state index in [9.17, 15) is 4.79 Å². The molecule has 0 spiro atoms. The average Bonchev–Trinajstić information content (AvgIpc) is 2.27. The number of carboxylic acids is 1. The molecule has 2 rings (SSSR count). The molecular weight excluding hydrogens is 282 g/mol. The molecule has 0 saturated heterocycles. The standard InChI is InChI=1S/C13H12BrNO2/c1-7(2)8-4-3-5-9-10(8)6-11(13(16)17)15-12(9)14/h3-7H,1-2H3,(H,16,17). The van der Waals surface area contributed by atoms with Gasteiger partial charge < -0.3 is 5.11 Å². The van der Waals surface area contributed by atoms with E-state index in [0.29, 0.717) is 10.5 Å². The Morgan fingerprint density at radius 2 is 2.06 bits per heavy atom. The lowest BCUT2D eigenvalue weighted by atomic mass is 9.97. The first-order chi connectivity index (χ1) is 8.00. The smallest absolute Gasteiger partial charge is 0.354 e. The highest BCUT2D eigenvalue weighted by Gasteiger charge is 2.12. The van der Waals surface area contributed by atoms with Crippen molar-refractivity contribution in [1.82, 2.24) is 4.98 Å². The van der Waals surface area contributed by atoms with Crippen LogP contribution in [0.5, 0.6) is 0 Å². The molecule has 1 N–H and O–H groups in total. The number of halogens is 1. The van der Waals surface area contributed by atoms with Crippen LogP contribution in [0.4, 0.5) is 0 Å². The largest absolute Gasteiger partial charge is 0.477 e. The zero-order chi connectivity index (χ0) is 12.6. The monoisotopic (exact) mass is 293 g/mol. The number of carbonyl (C=O) groups is 1. The van der Waals surface area contributed by atoms with E-state index in [1.807, 2.05) is 18.2 Å². The zero-order valence-electron chi connectivity index (χ0n) is 9.57. The Kier molecular flexibility index (Phi) is 3.15. The number of pyridine rings is 1. The van der Waals surface area contributed by atoms with Crippen LogP contribution in [0.3, 0.4) is 0 Å². The Hall–Kier alpha value is -1.42. The minimum atomic E-state index is -1.01. The van der Waals surface area contributed by atoms with Crippen LogP contribution in [0.1, 0.15) is 35.8 Å². The van der Waals surface area contributed by atoms with Crippen LogP contribution in [0, 0.1) is 0 Å². The molecule has 1 heterocycles. The van der Waals surface area contributed by atoms with Crippen molar-refractivity contribution in [2.45, 2.75) is 19.8 Å². The SMILES string of the molecule is CC(C)c1cccc2c(Br)nc(C(=O)O)cc12. The van der Waals surface area contributed by atoms with Gasteiger partial charge >= 0.3 is 5.97 Å². The van der Waals surface area contributed by atoms with E-state index in [2.05, 4.69) is 34.8 Å². The summed E-state index contributed by atoms with van der Waals surface area (Å²) in [6.07, 6.45) is 0. The van der Waals surface area contributed by atoms with E-state index in [4.69, 9.17) is 5.11 Å². The van der Waals surface area contributed by atoms with Gasteiger partial charge in [-0.25, -0.2) is 9.78 Å². The van der Waals surface area contributed by atoms with Crippen LogP contribution < -0.4 is 0 Å². The Morgan fingerprint density at radius 1 is 1.35 bits per heavy atom. The normalized spacial score (nSPS) is 11.1. The van der Waals surface area contributed by atoms with E-state index >= 15 is 0 Å². The molecule has 2 aromatic rings. The van der Waals surface area contributed by atoms with Gasteiger partial charge in [0.1, 0.15) is 10.3 Å². The highest BCUT2D eigenvalue weighted by molar-refractivity contribution is 9.10. The first-order valence-corrected chi connectivity index (χ1v) is 6.12. The summed E-state index contributed by atoms with van der Waals surface area (Å²) in [6.45, 7) is 4.17. The van der Waals surface area contributed by atoms with E-state index in [0.717, 1.165) is 16.3 Å². The molecule has 0 unspecified atom stereocenters. The topological polar surface area (TPSA) is 50.2 Å². The number of nitrogens with zero attached hydrogens (tertiary/aromatic N) is 1. The lowest BCUT2D eigenvalue weighted by molar-refractivity contribution is 0.0690. The predicted octanol–water partition coefficient (Wildman–Crippen LogP) is 3.82. The Balaban J connectivity index is 2.83. The lowest BCUT2D eigenvalue weighted by Gasteiger charge is -2.11. The number of benzene rings is 1. The summed E-state index contributed by atoms with van der Waals surface area (Å²) in [5.41, 5.74) is 1.20. The van der Waals surface area contributed by atoms with Crippen LogP contribution in [-0.2, 0) is 0 Å². The van der Waals surface area contributed by atoms with Gasteiger partial charge in [0.05, 0.1) is 0 Å². The van der Waals surface area contributed by atoms with Crippen LogP contribution in [-0.4, -0.2) is 16.1 Å². The molecule has 0 saturated carbocycles. The summed E-state index contributed by atoms with van der Waals surface area (Å²) < 4.78 is 0.579. The first kappa shape index (κ1) is 12.0. The maximum absolute atomic E-state index is 11.0. The molecule has 17 heavy (non-hydrogen) atoms. The number of aromatic carboxylic acids is 1. The molecule has 0 aliphatic rings. The number of aromatic nitrogens is 1. The quantitative estimate of drug-likeness (QED) is 0.857. The van der Waals surface area contributed by atoms with Gasteiger partial charge in [-0.1, -0.05) is 32.0 Å². The molecular formula is C13H12BrNO2. The number of fused-ring (bicyclic) bond motifs is 1. The Morgan fingerprint density at radius 3 is 2.65 bits per heavy atom. The van der Waals surface area contributed by atoms with Crippen molar-refractivity contribution in [3.63, 3.8) is 0 Å². The van der Waals surface area contributed by atoms with Gasteiger partial charge in [-0.15, -0.1) is 0 Å². The van der Waals surface area contributed by atoms with Gasteiger partial charge in [0, 0.05) is 5.39 Å². The van der Waals surface area contributed by atoms with Crippen LogP contribution in [0.15, 0.2) is 28.9 Å². The molecule has 0 amide bonds. The molecule has 0 radical (unpaired) electrons. The molecule has 0 bridgehead atoms. The summed E-state index contributed by atoms with van der Waals surface area (Å²) in [7, 11) is 0. The van der Waals surface area contributed by atoms with Crippen LogP contribution in [0.2, 0.25) is 0 Å². The highest BCUT2D eigenvalue weighted by Crippen LogP contribution is 2.29. The summed E-state index contributed by atoms with van der Waals surface area (Å²) in [4.78, 5) is 15.0. The third-order valence-corrected chi connectivity index (χ3v) is 3.31. The summed E-state index contributed by atoms with van der Waals surface area (Å²) >= 11 is 3.32. The fourth-order valence-corrected chi connectivity index (χ4v) is 2.41. The van der Waals surface area contributed by atoms with Crippen molar-refractivity contribution in [3.8, 4) is 0 Å². The second kappa shape index (κ2) is 4.45. The number of carboxylic acid groups (broad SMARTS) is 1. The molecule has 0 aliphatic heterocycles. The van der Waals surface area contributed by atoms with Crippen molar-refractivity contribution in [1.29, 1.82) is 0 Å². The second-order valence-electron chi connectivity index (χ2n) is 4.20. The van der Waals surface area contributed by atoms with Crippen LogP contribution in [0.25, 0.3) is 10.8 Å². The summed E-state index contributed by atoms with van der Waals surface area (Å²) in [6, 6.07) is 7.55. The maximum Gasteiger partial charge on any atom is 0.354 e. The molecule has 0 aliphatic carbocycles. The van der Waals surface area contributed by atoms with Crippen molar-refractivity contribution in [2.75, 3.05) is 0 Å². The Bertz CT molecular complexity index is 593. The molecule has 88 valence electrons. The van der Waals surface area contributed by atoms with Crippen LogP contribution >= 0.6 is 15.9 Å². The average molecular weight is 294 g/mol. The number of hydrogen-bond acceptors (Lipinski definition) is 2. The molecule has 1 aromatic carbocycles. The van der Waals surface area contributed by atoms with Crippen molar-refractivity contribution in [2.24, 2.45) is 0 Å². The molecule has 4 heteroatoms. The highest BCUT2D eigenvalue weighted by atomic mass is 79.9. The van der Waals surface area contributed by atoms with Gasteiger partial charge in [0.15, 0.2) is 0 Å². The Labute approximate surface area is 108 Å². The van der Waals surface area contributed by atoms with Crippen molar-refractivity contribution < 1.29 is 9.90 Å². The molecule has 0 fully saturated rings. The number of rotatable bonds is 2. The third-order valence-electron chi connectivity index (χ3n) is 2.70. The predicted molar refractivity (Wildman–Crippen MR) is 70.5 cm³/mol. The lowest BCUT2D eigenvalue weighted by Crippen LogP contribution is -2.02. The van der Waals surface area contributed by atoms with E-state index in [-0.39, 0.29) is 5.69 Å². The zero-order valence-corrected chi connectivity index (χ0v) is 11.2. The van der Waals surface area contributed by atoms with Crippen molar-refractivity contribution in [3.05, 3.63) is 40.1 Å².